The highest BCUT2D eigenvalue weighted by Crippen LogP contribution is 2.32. The number of nitrogens with one attached hydrogen (secondary N) is 1. The van der Waals surface area contributed by atoms with Gasteiger partial charge in [-0.2, -0.15) is 0 Å². The summed E-state index contributed by atoms with van der Waals surface area (Å²) < 4.78 is 1.86. The van der Waals surface area contributed by atoms with E-state index in [-0.39, 0.29) is 11.9 Å². The van der Waals surface area contributed by atoms with Crippen LogP contribution in [0.4, 0.5) is 0 Å². The molecule has 0 radical (unpaired) electrons. The van der Waals surface area contributed by atoms with Gasteiger partial charge in [0.15, 0.2) is 11.3 Å². The maximum absolute atomic E-state index is 12.6. The summed E-state index contributed by atoms with van der Waals surface area (Å²) in [5.41, 5.74) is 3.88. The van der Waals surface area contributed by atoms with Crippen molar-refractivity contribution in [3.63, 3.8) is 0 Å². The van der Waals surface area contributed by atoms with E-state index in [1.165, 1.54) is 12.8 Å². The van der Waals surface area contributed by atoms with Crippen molar-refractivity contribution in [3.8, 4) is 11.3 Å². The molecule has 5 heteroatoms. The molecule has 0 bridgehead atoms. The molecule has 1 aromatic carbocycles. The van der Waals surface area contributed by atoms with Crippen LogP contribution in [0.1, 0.15) is 35.9 Å². The van der Waals surface area contributed by atoms with Gasteiger partial charge in [0.2, 0.25) is 0 Å². The minimum Gasteiger partial charge on any atom is -0.348 e. The van der Waals surface area contributed by atoms with Crippen LogP contribution in [-0.4, -0.2) is 26.3 Å². The van der Waals surface area contributed by atoms with Crippen molar-refractivity contribution in [1.82, 2.24) is 19.7 Å². The van der Waals surface area contributed by atoms with E-state index in [4.69, 9.17) is 4.98 Å². The van der Waals surface area contributed by atoms with Crippen LogP contribution < -0.4 is 5.32 Å². The summed E-state index contributed by atoms with van der Waals surface area (Å²) in [6, 6.07) is 12.2. The highest BCUT2D eigenvalue weighted by molar-refractivity contribution is 5.98. The van der Waals surface area contributed by atoms with E-state index in [1.807, 2.05) is 47.7 Å². The Bertz CT molecular complexity index is 896. The number of imidazole rings is 1. The molecule has 0 aliphatic heterocycles. The molecule has 1 unspecified atom stereocenters. The Morgan fingerprint density at radius 2 is 2.04 bits per heavy atom. The highest BCUT2D eigenvalue weighted by atomic mass is 16.2. The molecule has 1 N–H and O–H groups in total. The molecule has 2 aromatic heterocycles. The molecule has 0 saturated heterocycles. The molecule has 0 spiro atoms. The van der Waals surface area contributed by atoms with Gasteiger partial charge < -0.3 is 5.32 Å². The lowest BCUT2D eigenvalue weighted by molar-refractivity contribution is 0.0933. The van der Waals surface area contributed by atoms with Crippen LogP contribution in [-0.2, 0) is 0 Å². The average molecular weight is 320 g/mol. The minimum absolute atomic E-state index is 0.144. The Kier molecular flexibility index (Phi) is 3.56. The molecular weight excluding hydrogens is 300 g/mol. The van der Waals surface area contributed by atoms with Gasteiger partial charge in [0, 0.05) is 17.3 Å². The lowest BCUT2D eigenvalue weighted by atomic mass is 10.1. The summed E-state index contributed by atoms with van der Waals surface area (Å²) in [7, 11) is 0. The molecule has 122 valence electrons. The van der Waals surface area contributed by atoms with Gasteiger partial charge in [-0.3, -0.25) is 9.20 Å². The van der Waals surface area contributed by atoms with E-state index >= 15 is 0 Å². The number of nitrogens with zero attached hydrogens (tertiary/aromatic N) is 3. The second-order valence-electron chi connectivity index (χ2n) is 6.54. The molecule has 2 heterocycles. The number of aromatic nitrogens is 3. The monoisotopic (exact) mass is 320 g/mol. The summed E-state index contributed by atoms with van der Waals surface area (Å²) in [5, 5.41) is 3.06. The molecular formula is C19H20N4O. The number of benzene rings is 1. The number of rotatable bonds is 4. The zero-order chi connectivity index (χ0) is 16.7. The SMILES string of the molecule is Cc1cc(-c2ccccc2)nc2c(C(=O)NC(C)C3CC3)ncn12. The van der Waals surface area contributed by atoms with Gasteiger partial charge >= 0.3 is 0 Å². The number of carbonyl (C=O) groups is 1. The Labute approximate surface area is 140 Å². The van der Waals surface area contributed by atoms with E-state index in [0.717, 1.165) is 17.0 Å². The molecule has 4 rings (SSSR count). The van der Waals surface area contributed by atoms with E-state index in [2.05, 4.69) is 17.2 Å². The quantitative estimate of drug-likeness (QED) is 0.803. The smallest absolute Gasteiger partial charge is 0.274 e. The second-order valence-corrected chi connectivity index (χ2v) is 6.54. The third-order valence-corrected chi connectivity index (χ3v) is 4.67. The number of hydrogen-bond donors (Lipinski definition) is 1. The van der Waals surface area contributed by atoms with Crippen LogP contribution in [0.25, 0.3) is 16.9 Å². The van der Waals surface area contributed by atoms with Crippen molar-refractivity contribution >= 4 is 11.6 Å². The summed E-state index contributed by atoms with van der Waals surface area (Å²) in [6.45, 7) is 4.05. The van der Waals surface area contributed by atoms with Crippen molar-refractivity contribution in [2.75, 3.05) is 0 Å². The van der Waals surface area contributed by atoms with Crippen molar-refractivity contribution in [2.45, 2.75) is 32.7 Å². The Balaban J connectivity index is 1.74. The molecule has 5 nitrogen and oxygen atoms in total. The zero-order valence-electron chi connectivity index (χ0n) is 13.9. The molecule has 24 heavy (non-hydrogen) atoms. The first-order chi connectivity index (χ1) is 11.6. The number of fused-ring (bicyclic) bond motifs is 1. The van der Waals surface area contributed by atoms with Crippen molar-refractivity contribution in [2.24, 2.45) is 5.92 Å². The number of carbonyl (C=O) groups excluding carboxylic acids is 1. The van der Waals surface area contributed by atoms with E-state index in [9.17, 15) is 4.79 Å². The summed E-state index contributed by atoms with van der Waals surface area (Å²) in [6.07, 6.45) is 4.06. The van der Waals surface area contributed by atoms with Crippen LogP contribution in [0.15, 0.2) is 42.7 Å². The van der Waals surface area contributed by atoms with Gasteiger partial charge in [-0.25, -0.2) is 9.97 Å². The summed E-state index contributed by atoms with van der Waals surface area (Å²) in [4.78, 5) is 21.6. The van der Waals surface area contributed by atoms with Crippen LogP contribution in [0.2, 0.25) is 0 Å². The van der Waals surface area contributed by atoms with Crippen LogP contribution in [0, 0.1) is 12.8 Å². The van der Waals surface area contributed by atoms with Gasteiger partial charge in [0.1, 0.15) is 6.33 Å². The first-order valence-electron chi connectivity index (χ1n) is 8.34. The highest BCUT2D eigenvalue weighted by Gasteiger charge is 2.30. The molecule has 1 fully saturated rings. The fraction of sp³-hybridized carbons (Fsp3) is 0.316. The summed E-state index contributed by atoms with van der Waals surface area (Å²) in [5.74, 6) is 0.464. The Morgan fingerprint density at radius 1 is 1.29 bits per heavy atom. The molecule has 1 amide bonds. The van der Waals surface area contributed by atoms with Crippen LogP contribution in [0.5, 0.6) is 0 Å². The third kappa shape index (κ3) is 2.66. The molecule has 1 atom stereocenters. The Hall–Kier alpha value is -2.69. The van der Waals surface area contributed by atoms with Crippen LogP contribution in [0.3, 0.4) is 0 Å². The van der Waals surface area contributed by atoms with Gasteiger partial charge in [-0.05, 0) is 38.7 Å². The average Bonchev–Trinajstić information content (AvgIpc) is 3.35. The van der Waals surface area contributed by atoms with Crippen LogP contribution >= 0.6 is 0 Å². The predicted molar refractivity (Wildman–Crippen MR) is 92.8 cm³/mol. The lowest BCUT2D eigenvalue weighted by Crippen LogP contribution is -2.34. The van der Waals surface area contributed by atoms with Gasteiger partial charge in [0.05, 0.1) is 5.69 Å². The van der Waals surface area contributed by atoms with E-state index < -0.39 is 0 Å². The van der Waals surface area contributed by atoms with Crippen molar-refractivity contribution in [1.29, 1.82) is 0 Å². The van der Waals surface area contributed by atoms with E-state index in [0.29, 0.717) is 17.3 Å². The third-order valence-electron chi connectivity index (χ3n) is 4.67. The second kappa shape index (κ2) is 5.74. The minimum atomic E-state index is -0.144. The maximum Gasteiger partial charge on any atom is 0.274 e. The van der Waals surface area contributed by atoms with Gasteiger partial charge in [-0.15, -0.1) is 0 Å². The van der Waals surface area contributed by atoms with Crippen molar-refractivity contribution in [3.05, 3.63) is 54.1 Å². The molecule has 3 aromatic rings. The molecule has 1 saturated carbocycles. The van der Waals surface area contributed by atoms with Gasteiger partial charge in [0.25, 0.3) is 5.91 Å². The normalized spacial score (nSPS) is 15.4. The largest absolute Gasteiger partial charge is 0.348 e. The first kappa shape index (κ1) is 14.9. The summed E-state index contributed by atoms with van der Waals surface area (Å²) >= 11 is 0. The zero-order valence-corrected chi connectivity index (χ0v) is 13.9. The fourth-order valence-electron chi connectivity index (χ4n) is 3.03. The number of aryl methyl sites for hydroxylation is 1. The standard InChI is InChI=1S/C19H20N4O/c1-12-10-16(15-6-4-3-5-7-15)22-18-17(20-11-23(12)18)19(24)21-13(2)14-8-9-14/h3-7,10-11,13-14H,8-9H2,1-2H3,(H,21,24). The number of hydrogen-bond acceptors (Lipinski definition) is 3. The predicted octanol–water partition coefficient (Wildman–Crippen LogP) is 3.23. The fourth-order valence-corrected chi connectivity index (χ4v) is 3.03. The molecule has 1 aliphatic rings. The van der Waals surface area contributed by atoms with E-state index in [1.54, 1.807) is 6.33 Å². The Morgan fingerprint density at radius 3 is 2.75 bits per heavy atom. The first-order valence-corrected chi connectivity index (χ1v) is 8.34. The lowest BCUT2D eigenvalue weighted by Gasteiger charge is -2.11. The van der Waals surface area contributed by atoms with Gasteiger partial charge in [-0.1, -0.05) is 30.3 Å². The topological polar surface area (TPSA) is 59.3 Å². The maximum atomic E-state index is 12.6. The number of amides is 1. The van der Waals surface area contributed by atoms with Crippen molar-refractivity contribution < 1.29 is 4.79 Å². The molecule has 1 aliphatic carbocycles.